The van der Waals surface area contributed by atoms with Crippen molar-refractivity contribution in [1.29, 1.82) is 0 Å². The first-order valence-electron chi connectivity index (χ1n) is 7.92. The van der Waals surface area contributed by atoms with Crippen LogP contribution >= 0.6 is 0 Å². The number of likely N-dealkylation sites (N-methyl/N-ethyl adjacent to an activating group) is 1. The minimum absolute atomic E-state index is 0.0162. The van der Waals surface area contributed by atoms with E-state index in [0.29, 0.717) is 24.3 Å². The molecule has 2 N–H and O–H groups in total. The smallest absolute Gasteiger partial charge is 0.341 e. The largest absolute Gasteiger partial charge is 0.477 e. The maximum atomic E-state index is 14.9. The fourth-order valence-corrected chi connectivity index (χ4v) is 3.33. The minimum Gasteiger partial charge on any atom is -0.477 e. The van der Waals surface area contributed by atoms with Crippen LogP contribution in [0, 0.1) is 5.82 Å². The van der Waals surface area contributed by atoms with Crippen molar-refractivity contribution in [3.05, 3.63) is 33.9 Å². The molecule has 25 heavy (non-hydrogen) atoms. The Morgan fingerprint density at radius 1 is 1.32 bits per heavy atom. The number of hydrogen-bond donors (Lipinski definition) is 2. The summed E-state index contributed by atoms with van der Waals surface area (Å²) in [5, 5.41) is 9.19. The number of piperazine rings is 1. The fraction of sp³-hybridized carbons (Fsp3) is 0.375. The number of nitrogens with zero attached hydrogens (tertiary/aromatic N) is 3. The van der Waals surface area contributed by atoms with E-state index in [4.69, 9.17) is 4.74 Å². The summed E-state index contributed by atoms with van der Waals surface area (Å²) in [4.78, 5) is 27.8. The molecule has 132 valence electrons. The van der Waals surface area contributed by atoms with Gasteiger partial charge in [-0.1, -0.05) is 0 Å². The van der Waals surface area contributed by atoms with Gasteiger partial charge in [0, 0.05) is 32.4 Å². The Hall–Kier alpha value is -2.81. The van der Waals surface area contributed by atoms with Crippen LogP contribution in [-0.4, -0.2) is 60.6 Å². The third-order valence-electron chi connectivity index (χ3n) is 4.67. The zero-order chi connectivity index (χ0) is 17.7. The number of aromatic carboxylic acids is 1. The van der Waals surface area contributed by atoms with Gasteiger partial charge in [0.05, 0.1) is 5.39 Å². The number of benzene rings is 1. The van der Waals surface area contributed by atoms with Crippen LogP contribution in [0.5, 0.6) is 5.75 Å². The standard InChI is InChI=1S/C16H17FN4O4/c1-19-2-4-20(5-3-19)13-11(17)6-9-12-15(13)25-8-18-21(12)7-10(14(9)22)16(23)24/h6-7,18H,2-5,8H2,1H3,(H,23,24). The number of halogens is 1. The second-order valence-corrected chi connectivity index (χ2v) is 6.22. The molecule has 0 radical (unpaired) electrons. The molecule has 2 aromatic rings. The maximum Gasteiger partial charge on any atom is 0.341 e. The molecule has 2 aliphatic heterocycles. The first kappa shape index (κ1) is 15.7. The molecule has 0 bridgehead atoms. The summed E-state index contributed by atoms with van der Waals surface area (Å²) in [5.74, 6) is -1.67. The molecule has 0 unspecified atom stereocenters. The van der Waals surface area contributed by atoms with Crippen molar-refractivity contribution in [3.8, 4) is 5.75 Å². The molecule has 0 aliphatic carbocycles. The number of ether oxygens (including phenoxy) is 1. The van der Waals surface area contributed by atoms with Crippen LogP contribution in [0.1, 0.15) is 10.4 Å². The molecule has 1 fully saturated rings. The zero-order valence-corrected chi connectivity index (χ0v) is 13.6. The van der Waals surface area contributed by atoms with Crippen molar-refractivity contribution in [3.63, 3.8) is 0 Å². The van der Waals surface area contributed by atoms with Crippen LogP contribution < -0.4 is 20.5 Å². The van der Waals surface area contributed by atoms with Gasteiger partial charge in [-0.2, -0.15) is 0 Å². The molecule has 0 amide bonds. The summed E-state index contributed by atoms with van der Waals surface area (Å²) < 4.78 is 21.9. The second kappa shape index (κ2) is 5.62. The summed E-state index contributed by atoms with van der Waals surface area (Å²) in [7, 11) is 2.00. The van der Waals surface area contributed by atoms with Crippen molar-refractivity contribution in [1.82, 2.24) is 9.58 Å². The highest BCUT2D eigenvalue weighted by atomic mass is 19.1. The summed E-state index contributed by atoms with van der Waals surface area (Å²) >= 11 is 0. The Balaban J connectivity index is 1.97. The molecule has 4 rings (SSSR count). The van der Waals surface area contributed by atoms with Gasteiger partial charge < -0.3 is 19.6 Å². The van der Waals surface area contributed by atoms with Crippen molar-refractivity contribution < 1.29 is 19.0 Å². The molecule has 3 heterocycles. The third-order valence-corrected chi connectivity index (χ3v) is 4.67. The van der Waals surface area contributed by atoms with Gasteiger partial charge in [0.1, 0.15) is 16.8 Å². The molecule has 0 atom stereocenters. The number of carbonyl (C=O) groups is 1. The normalized spacial score (nSPS) is 17.3. The molecule has 1 saturated heterocycles. The maximum absolute atomic E-state index is 14.9. The highest BCUT2D eigenvalue weighted by Gasteiger charge is 2.29. The van der Waals surface area contributed by atoms with Crippen LogP contribution in [0.2, 0.25) is 0 Å². The molecule has 8 nitrogen and oxygen atoms in total. The summed E-state index contributed by atoms with van der Waals surface area (Å²) in [6.45, 7) is 2.91. The van der Waals surface area contributed by atoms with Crippen LogP contribution in [-0.2, 0) is 0 Å². The van der Waals surface area contributed by atoms with E-state index in [1.807, 2.05) is 11.9 Å². The fourth-order valence-electron chi connectivity index (χ4n) is 3.33. The van der Waals surface area contributed by atoms with Crippen LogP contribution in [0.25, 0.3) is 10.9 Å². The van der Waals surface area contributed by atoms with Gasteiger partial charge in [0.2, 0.25) is 5.43 Å². The zero-order valence-electron chi connectivity index (χ0n) is 13.6. The van der Waals surface area contributed by atoms with Crippen molar-refractivity contribution in [2.75, 3.05) is 50.3 Å². The van der Waals surface area contributed by atoms with E-state index in [0.717, 1.165) is 19.2 Å². The third kappa shape index (κ3) is 2.39. The molecule has 0 saturated carbocycles. The van der Waals surface area contributed by atoms with Crippen LogP contribution in [0.3, 0.4) is 0 Å². The molecule has 1 aromatic carbocycles. The Morgan fingerprint density at radius 2 is 2.04 bits per heavy atom. The monoisotopic (exact) mass is 348 g/mol. The quantitative estimate of drug-likeness (QED) is 0.816. The number of aromatic nitrogens is 1. The number of carboxylic acids is 1. The summed E-state index contributed by atoms with van der Waals surface area (Å²) in [6, 6.07) is 1.11. The second-order valence-electron chi connectivity index (χ2n) is 6.22. The van der Waals surface area contributed by atoms with Crippen molar-refractivity contribution >= 4 is 22.6 Å². The van der Waals surface area contributed by atoms with E-state index in [1.54, 1.807) is 0 Å². The average molecular weight is 348 g/mol. The number of anilines is 1. The Morgan fingerprint density at radius 3 is 2.72 bits per heavy atom. The lowest BCUT2D eigenvalue weighted by Crippen LogP contribution is -2.45. The van der Waals surface area contributed by atoms with E-state index in [9.17, 15) is 19.1 Å². The summed E-state index contributed by atoms with van der Waals surface area (Å²) in [6.07, 6.45) is 1.21. The molecule has 2 aliphatic rings. The summed E-state index contributed by atoms with van der Waals surface area (Å²) in [5.41, 5.74) is 2.38. The minimum atomic E-state index is -1.35. The number of hydrogen-bond acceptors (Lipinski definition) is 6. The SMILES string of the molecule is CN1CCN(c2c(F)cc3c(=O)c(C(=O)O)cn4c3c2OCN4)CC1. The van der Waals surface area contributed by atoms with Crippen molar-refractivity contribution in [2.24, 2.45) is 0 Å². The molecule has 1 aromatic heterocycles. The van der Waals surface area contributed by atoms with E-state index in [2.05, 4.69) is 10.3 Å². The predicted molar refractivity (Wildman–Crippen MR) is 89.7 cm³/mol. The van der Waals surface area contributed by atoms with Gasteiger partial charge in [0.15, 0.2) is 18.3 Å². The number of pyridine rings is 1. The Bertz CT molecular complexity index is 934. The van der Waals surface area contributed by atoms with Crippen LogP contribution in [0.4, 0.5) is 10.1 Å². The first-order valence-corrected chi connectivity index (χ1v) is 7.92. The lowest BCUT2D eigenvalue weighted by atomic mass is 10.1. The van der Waals surface area contributed by atoms with Gasteiger partial charge in [-0.25, -0.2) is 9.18 Å². The van der Waals surface area contributed by atoms with Crippen LogP contribution in [0.15, 0.2) is 17.1 Å². The number of nitrogens with one attached hydrogen (secondary N) is 1. The topological polar surface area (TPSA) is 87.0 Å². The lowest BCUT2D eigenvalue weighted by Gasteiger charge is -2.36. The molecule has 9 heteroatoms. The predicted octanol–water partition coefficient (Wildman–Crippen LogP) is 0.484. The van der Waals surface area contributed by atoms with Gasteiger partial charge in [-0.3, -0.25) is 14.9 Å². The highest BCUT2D eigenvalue weighted by molar-refractivity contribution is 5.97. The van der Waals surface area contributed by atoms with Gasteiger partial charge in [0.25, 0.3) is 0 Å². The molecular formula is C16H17FN4O4. The number of carboxylic acid groups (broad SMARTS) is 1. The molecular weight excluding hydrogens is 331 g/mol. The van der Waals surface area contributed by atoms with Crippen molar-refractivity contribution in [2.45, 2.75) is 0 Å². The lowest BCUT2D eigenvalue weighted by molar-refractivity contribution is 0.0694. The van der Waals surface area contributed by atoms with E-state index in [1.165, 1.54) is 10.9 Å². The Labute approximate surface area is 142 Å². The number of rotatable bonds is 2. The average Bonchev–Trinajstić information content (AvgIpc) is 2.58. The Kier molecular flexibility index (Phi) is 3.53. The van der Waals surface area contributed by atoms with E-state index < -0.39 is 22.8 Å². The first-order chi connectivity index (χ1) is 12.0. The van der Waals surface area contributed by atoms with Gasteiger partial charge in [-0.15, -0.1) is 0 Å². The van der Waals surface area contributed by atoms with E-state index in [-0.39, 0.29) is 17.9 Å². The van der Waals surface area contributed by atoms with Gasteiger partial charge in [-0.05, 0) is 13.1 Å². The van der Waals surface area contributed by atoms with Gasteiger partial charge >= 0.3 is 5.97 Å². The highest BCUT2D eigenvalue weighted by Crippen LogP contribution is 2.39. The van der Waals surface area contributed by atoms with E-state index >= 15 is 0 Å². The molecule has 0 spiro atoms.